The van der Waals surface area contributed by atoms with E-state index in [2.05, 4.69) is 4.98 Å². The van der Waals surface area contributed by atoms with Crippen LogP contribution in [0, 0.1) is 5.41 Å². The Labute approximate surface area is 105 Å². The lowest BCUT2D eigenvalue weighted by atomic mass is 9.94. The second-order valence-corrected chi connectivity index (χ2v) is 5.37. The Morgan fingerprint density at radius 2 is 2.17 bits per heavy atom. The van der Waals surface area contributed by atoms with Crippen molar-refractivity contribution in [1.29, 1.82) is 0 Å². The molecule has 0 saturated carbocycles. The van der Waals surface area contributed by atoms with Crippen molar-refractivity contribution in [3.63, 3.8) is 0 Å². The number of aliphatic hydroxyl groups excluding tert-OH is 1. The highest BCUT2D eigenvalue weighted by atomic mass is 16.4. The lowest BCUT2D eigenvalue weighted by Crippen LogP contribution is -2.33. The molecule has 0 atom stereocenters. The zero-order chi connectivity index (χ0) is 13.3. The van der Waals surface area contributed by atoms with E-state index in [1.54, 1.807) is 6.07 Å². The molecule has 0 aliphatic carbocycles. The molecule has 2 rings (SSSR count). The van der Waals surface area contributed by atoms with Crippen LogP contribution in [-0.2, 0) is 0 Å². The van der Waals surface area contributed by atoms with Crippen molar-refractivity contribution in [3.05, 3.63) is 28.7 Å². The van der Waals surface area contributed by atoms with E-state index in [1.165, 1.54) is 0 Å². The van der Waals surface area contributed by atoms with Crippen LogP contribution < -0.4 is 10.7 Å². The first-order valence-electron chi connectivity index (χ1n) is 5.86. The molecule has 0 aliphatic rings. The summed E-state index contributed by atoms with van der Waals surface area (Å²) in [6.07, 6.45) is 0. The molecule has 0 unspecified atom stereocenters. The van der Waals surface area contributed by atoms with E-state index in [-0.39, 0.29) is 12.0 Å². The fraction of sp³-hybridized carbons (Fsp3) is 0.462. The number of nitrogens with one attached hydrogen (secondary N) is 1. The molecule has 0 bridgehead atoms. The smallest absolute Gasteiger partial charge is 0.408 e. The number of hydrogen-bond donors (Lipinski definition) is 2. The van der Waals surface area contributed by atoms with Crippen LogP contribution in [0.25, 0.3) is 11.1 Å². The van der Waals surface area contributed by atoms with Gasteiger partial charge in [0.15, 0.2) is 5.58 Å². The van der Waals surface area contributed by atoms with E-state index < -0.39 is 5.76 Å². The van der Waals surface area contributed by atoms with E-state index in [0.717, 1.165) is 12.2 Å². The maximum atomic E-state index is 11.1. The molecule has 98 valence electrons. The minimum absolute atomic E-state index is 0.127. The number of oxazole rings is 1. The monoisotopic (exact) mass is 250 g/mol. The minimum atomic E-state index is -0.444. The topological polar surface area (TPSA) is 69.5 Å². The molecular weight excluding hydrogens is 232 g/mol. The van der Waals surface area contributed by atoms with Crippen molar-refractivity contribution < 1.29 is 9.52 Å². The second kappa shape index (κ2) is 4.49. The van der Waals surface area contributed by atoms with E-state index in [0.29, 0.717) is 11.1 Å². The van der Waals surface area contributed by atoms with Gasteiger partial charge in [-0.25, -0.2) is 4.79 Å². The summed E-state index contributed by atoms with van der Waals surface area (Å²) >= 11 is 0. The summed E-state index contributed by atoms with van der Waals surface area (Å²) in [6, 6.07) is 5.53. The lowest BCUT2D eigenvalue weighted by molar-refractivity contribution is 0.165. The molecule has 2 N–H and O–H groups in total. The van der Waals surface area contributed by atoms with Gasteiger partial charge in [0.05, 0.1) is 5.52 Å². The maximum absolute atomic E-state index is 11.1. The molecule has 0 aliphatic heterocycles. The van der Waals surface area contributed by atoms with Crippen molar-refractivity contribution in [3.8, 4) is 0 Å². The number of fused-ring (bicyclic) bond motifs is 1. The Bertz CT molecular complexity index is 598. The highest BCUT2D eigenvalue weighted by Gasteiger charge is 2.19. The van der Waals surface area contributed by atoms with Gasteiger partial charge in [-0.3, -0.25) is 4.98 Å². The quantitative estimate of drug-likeness (QED) is 0.864. The van der Waals surface area contributed by atoms with Crippen LogP contribution in [0.1, 0.15) is 13.8 Å². The van der Waals surface area contributed by atoms with Gasteiger partial charge in [0.1, 0.15) is 0 Å². The normalized spacial score (nSPS) is 12.0. The van der Waals surface area contributed by atoms with Crippen LogP contribution in [0.3, 0.4) is 0 Å². The van der Waals surface area contributed by atoms with Crippen molar-refractivity contribution in [1.82, 2.24) is 4.98 Å². The van der Waals surface area contributed by atoms with Gasteiger partial charge in [-0.05, 0) is 18.2 Å². The molecular formula is C13H18N2O3. The Morgan fingerprint density at radius 1 is 1.44 bits per heavy atom. The molecule has 0 radical (unpaired) electrons. The first-order valence-corrected chi connectivity index (χ1v) is 5.86. The molecule has 18 heavy (non-hydrogen) atoms. The van der Waals surface area contributed by atoms with Crippen LogP contribution in [-0.4, -0.2) is 30.3 Å². The van der Waals surface area contributed by atoms with E-state index in [4.69, 9.17) is 4.42 Å². The fourth-order valence-electron chi connectivity index (χ4n) is 1.96. The first kappa shape index (κ1) is 12.7. The SMILES string of the molecule is CN(CC(C)(C)CO)c1ccc2oc(=O)[nH]c2c1. The highest BCUT2D eigenvalue weighted by Crippen LogP contribution is 2.23. The highest BCUT2D eigenvalue weighted by molar-refractivity contribution is 5.77. The third kappa shape index (κ3) is 2.56. The Kier molecular flexibility index (Phi) is 3.17. The molecule has 5 heteroatoms. The Balaban J connectivity index is 2.27. The van der Waals surface area contributed by atoms with Crippen LogP contribution in [0.15, 0.2) is 27.4 Å². The zero-order valence-corrected chi connectivity index (χ0v) is 10.9. The number of aromatic amines is 1. The molecule has 0 amide bonds. The molecule has 1 heterocycles. The van der Waals surface area contributed by atoms with E-state index in [9.17, 15) is 9.90 Å². The third-order valence-corrected chi connectivity index (χ3v) is 2.94. The predicted molar refractivity (Wildman–Crippen MR) is 71.0 cm³/mol. The number of rotatable bonds is 4. The van der Waals surface area contributed by atoms with Crippen molar-refractivity contribution >= 4 is 16.8 Å². The fourth-order valence-corrected chi connectivity index (χ4v) is 1.96. The molecule has 0 spiro atoms. The Hall–Kier alpha value is -1.75. The number of benzene rings is 1. The predicted octanol–water partition coefficient (Wildman–Crippen LogP) is 1.58. The zero-order valence-electron chi connectivity index (χ0n) is 10.9. The largest absolute Gasteiger partial charge is 0.417 e. The van der Waals surface area contributed by atoms with Gasteiger partial charge in [0, 0.05) is 31.3 Å². The van der Waals surface area contributed by atoms with Crippen molar-refractivity contribution in [2.75, 3.05) is 25.1 Å². The van der Waals surface area contributed by atoms with Gasteiger partial charge in [0.2, 0.25) is 0 Å². The Morgan fingerprint density at radius 3 is 2.83 bits per heavy atom. The molecule has 2 aromatic rings. The van der Waals surface area contributed by atoms with Gasteiger partial charge < -0.3 is 14.4 Å². The summed E-state index contributed by atoms with van der Waals surface area (Å²) in [6.45, 7) is 4.85. The number of H-pyrrole nitrogens is 1. The van der Waals surface area contributed by atoms with E-state index in [1.807, 2.05) is 37.9 Å². The summed E-state index contributed by atoms with van der Waals surface area (Å²) in [5.74, 6) is -0.444. The standard InChI is InChI=1S/C13H18N2O3/c1-13(2,8-16)7-15(3)9-4-5-11-10(6-9)14-12(17)18-11/h4-6,16H,7-8H2,1-3H3,(H,14,17). The molecule has 1 aromatic carbocycles. The molecule has 0 saturated heterocycles. The van der Waals surface area contributed by atoms with Gasteiger partial charge in [-0.15, -0.1) is 0 Å². The third-order valence-electron chi connectivity index (χ3n) is 2.94. The van der Waals surface area contributed by atoms with Crippen LogP contribution in [0.2, 0.25) is 0 Å². The van der Waals surface area contributed by atoms with Gasteiger partial charge >= 0.3 is 5.76 Å². The lowest BCUT2D eigenvalue weighted by Gasteiger charge is -2.29. The van der Waals surface area contributed by atoms with Crippen LogP contribution in [0.5, 0.6) is 0 Å². The maximum Gasteiger partial charge on any atom is 0.417 e. The average molecular weight is 250 g/mol. The number of aliphatic hydroxyl groups is 1. The second-order valence-electron chi connectivity index (χ2n) is 5.37. The van der Waals surface area contributed by atoms with Crippen LogP contribution in [0.4, 0.5) is 5.69 Å². The van der Waals surface area contributed by atoms with Crippen molar-refractivity contribution in [2.24, 2.45) is 5.41 Å². The summed E-state index contributed by atoms with van der Waals surface area (Å²) in [5, 5.41) is 9.28. The van der Waals surface area contributed by atoms with Crippen molar-refractivity contribution in [2.45, 2.75) is 13.8 Å². The number of hydrogen-bond acceptors (Lipinski definition) is 4. The number of anilines is 1. The first-order chi connectivity index (χ1) is 8.41. The average Bonchev–Trinajstić information content (AvgIpc) is 2.67. The van der Waals surface area contributed by atoms with Crippen LogP contribution >= 0.6 is 0 Å². The number of aromatic nitrogens is 1. The van der Waals surface area contributed by atoms with Gasteiger partial charge in [-0.2, -0.15) is 0 Å². The minimum Gasteiger partial charge on any atom is -0.408 e. The van der Waals surface area contributed by atoms with E-state index >= 15 is 0 Å². The molecule has 1 aromatic heterocycles. The van der Waals surface area contributed by atoms with Gasteiger partial charge in [0.25, 0.3) is 0 Å². The summed E-state index contributed by atoms with van der Waals surface area (Å²) in [7, 11) is 1.96. The molecule has 0 fully saturated rings. The summed E-state index contributed by atoms with van der Waals surface area (Å²) < 4.78 is 4.96. The van der Waals surface area contributed by atoms with Gasteiger partial charge in [-0.1, -0.05) is 13.8 Å². The molecule has 5 nitrogen and oxygen atoms in total. The number of nitrogens with zero attached hydrogens (tertiary/aromatic N) is 1. The summed E-state index contributed by atoms with van der Waals surface area (Å²) in [5.41, 5.74) is 2.04. The summed E-state index contributed by atoms with van der Waals surface area (Å²) in [4.78, 5) is 15.8.